The summed E-state index contributed by atoms with van der Waals surface area (Å²) in [5, 5.41) is 0. The summed E-state index contributed by atoms with van der Waals surface area (Å²) in [6.45, 7) is 3.05. The van der Waals surface area contributed by atoms with E-state index in [9.17, 15) is 13.6 Å². The molecule has 1 heterocycles. The molecule has 0 saturated carbocycles. The van der Waals surface area contributed by atoms with E-state index >= 15 is 0 Å². The molecule has 0 aliphatic carbocycles. The lowest BCUT2D eigenvalue weighted by Gasteiger charge is -2.24. The Kier molecular flexibility index (Phi) is 3.09. The van der Waals surface area contributed by atoms with Gasteiger partial charge in [-0.25, -0.2) is 8.78 Å². The van der Waals surface area contributed by atoms with Gasteiger partial charge in [0.15, 0.2) is 0 Å². The van der Waals surface area contributed by atoms with Crippen molar-refractivity contribution in [3.63, 3.8) is 0 Å². The van der Waals surface area contributed by atoms with E-state index in [2.05, 4.69) is 0 Å². The first-order valence-electron chi connectivity index (χ1n) is 4.74. The lowest BCUT2D eigenvalue weighted by molar-refractivity contribution is -0.138. The third-order valence-electron chi connectivity index (χ3n) is 2.60. The fourth-order valence-electron chi connectivity index (χ4n) is 1.68. The zero-order valence-electron chi connectivity index (χ0n) is 8.46. The van der Waals surface area contributed by atoms with E-state index in [1.807, 2.05) is 0 Å². The molecule has 0 spiro atoms. The Morgan fingerprint density at radius 2 is 2.21 bits per heavy atom. The summed E-state index contributed by atoms with van der Waals surface area (Å²) in [6, 6.07) is -0.200. The van der Waals surface area contributed by atoms with E-state index in [4.69, 9.17) is 5.73 Å². The Morgan fingerprint density at radius 1 is 1.64 bits per heavy atom. The van der Waals surface area contributed by atoms with Gasteiger partial charge in [0, 0.05) is 18.6 Å². The number of carbonyl (C=O) groups excluding carboxylic acids is 1. The summed E-state index contributed by atoms with van der Waals surface area (Å²) in [4.78, 5) is 12.9. The quantitative estimate of drug-likeness (QED) is 0.732. The fourth-order valence-corrected chi connectivity index (χ4v) is 1.68. The van der Waals surface area contributed by atoms with E-state index in [0.717, 1.165) is 6.92 Å². The zero-order chi connectivity index (χ0) is 10.9. The molecule has 82 valence electrons. The summed E-state index contributed by atoms with van der Waals surface area (Å²) in [5.74, 6) is -3.43. The Bertz CT molecular complexity index is 227. The molecular formula is C9H16F2N2O. The van der Waals surface area contributed by atoms with Gasteiger partial charge in [-0.15, -0.1) is 0 Å². The van der Waals surface area contributed by atoms with E-state index in [1.54, 1.807) is 6.92 Å². The molecule has 1 fully saturated rings. The first kappa shape index (κ1) is 11.4. The smallest absolute Gasteiger partial charge is 0.254 e. The molecule has 0 aromatic rings. The largest absolute Gasteiger partial charge is 0.338 e. The van der Waals surface area contributed by atoms with Crippen LogP contribution in [0.15, 0.2) is 0 Å². The summed E-state index contributed by atoms with van der Waals surface area (Å²) in [6.07, 6.45) is -0.0216. The Balaban J connectivity index is 2.54. The molecule has 5 heteroatoms. The number of nitrogens with two attached hydrogens (primary N) is 1. The standard InChI is InChI=1S/C9H16F2N2O/c1-6-7(12)3-4-13(6)8(14)5-9(2,10)11/h6-7H,3-5,12H2,1-2H3. The molecule has 3 nitrogen and oxygen atoms in total. The highest BCUT2D eigenvalue weighted by molar-refractivity contribution is 5.77. The zero-order valence-corrected chi connectivity index (χ0v) is 8.46. The normalized spacial score (nSPS) is 28.2. The van der Waals surface area contributed by atoms with Crippen LogP contribution in [0.5, 0.6) is 0 Å². The van der Waals surface area contributed by atoms with Crippen molar-refractivity contribution >= 4 is 5.91 Å². The second-order valence-electron chi connectivity index (χ2n) is 4.03. The average molecular weight is 206 g/mol. The van der Waals surface area contributed by atoms with Crippen molar-refractivity contribution in [2.75, 3.05) is 6.54 Å². The van der Waals surface area contributed by atoms with Gasteiger partial charge >= 0.3 is 0 Å². The van der Waals surface area contributed by atoms with E-state index in [0.29, 0.717) is 13.0 Å². The van der Waals surface area contributed by atoms with Crippen molar-refractivity contribution in [2.24, 2.45) is 5.73 Å². The number of likely N-dealkylation sites (tertiary alicyclic amines) is 1. The Labute approximate surface area is 82.2 Å². The molecule has 1 saturated heterocycles. The number of alkyl halides is 2. The summed E-state index contributed by atoms with van der Waals surface area (Å²) < 4.78 is 25.1. The van der Waals surface area contributed by atoms with Crippen molar-refractivity contribution in [3.05, 3.63) is 0 Å². The van der Waals surface area contributed by atoms with E-state index in [1.165, 1.54) is 4.90 Å². The van der Waals surface area contributed by atoms with Crippen LogP contribution in [-0.4, -0.2) is 35.4 Å². The van der Waals surface area contributed by atoms with Gasteiger partial charge in [-0.3, -0.25) is 4.79 Å². The third kappa shape index (κ3) is 2.64. The van der Waals surface area contributed by atoms with Crippen LogP contribution in [0.2, 0.25) is 0 Å². The molecule has 1 aliphatic heterocycles. The van der Waals surface area contributed by atoms with Crippen LogP contribution in [0.4, 0.5) is 8.78 Å². The SMILES string of the molecule is CC1C(N)CCN1C(=O)CC(C)(F)F. The summed E-state index contributed by atoms with van der Waals surface area (Å²) >= 11 is 0. The molecule has 14 heavy (non-hydrogen) atoms. The van der Waals surface area contributed by atoms with Crippen molar-refractivity contribution in [2.45, 2.75) is 44.7 Å². The highest BCUT2D eigenvalue weighted by Crippen LogP contribution is 2.22. The van der Waals surface area contributed by atoms with Gasteiger partial charge in [-0.1, -0.05) is 0 Å². The number of rotatable bonds is 2. The van der Waals surface area contributed by atoms with Crippen LogP contribution >= 0.6 is 0 Å². The highest BCUT2D eigenvalue weighted by Gasteiger charge is 2.35. The molecule has 2 unspecified atom stereocenters. The number of hydrogen-bond acceptors (Lipinski definition) is 2. The summed E-state index contributed by atoms with van der Waals surface area (Å²) in [7, 11) is 0. The van der Waals surface area contributed by atoms with E-state index < -0.39 is 18.3 Å². The first-order chi connectivity index (χ1) is 6.31. The second-order valence-corrected chi connectivity index (χ2v) is 4.03. The van der Waals surface area contributed by atoms with Gasteiger partial charge in [0.25, 0.3) is 5.92 Å². The lowest BCUT2D eigenvalue weighted by Crippen LogP contribution is -2.41. The van der Waals surface area contributed by atoms with Gasteiger partial charge < -0.3 is 10.6 Å². The predicted octanol–water partition coefficient (Wildman–Crippen LogP) is 0.980. The predicted molar refractivity (Wildman–Crippen MR) is 49.0 cm³/mol. The molecule has 0 aromatic heterocycles. The second kappa shape index (κ2) is 3.81. The highest BCUT2D eigenvalue weighted by atomic mass is 19.3. The maximum Gasteiger partial charge on any atom is 0.254 e. The van der Waals surface area contributed by atoms with Gasteiger partial charge in [-0.05, 0) is 20.3 Å². The fraction of sp³-hybridized carbons (Fsp3) is 0.889. The van der Waals surface area contributed by atoms with Crippen molar-refractivity contribution < 1.29 is 13.6 Å². The van der Waals surface area contributed by atoms with Crippen LogP contribution in [0, 0.1) is 0 Å². The number of carbonyl (C=O) groups is 1. The summed E-state index contributed by atoms with van der Waals surface area (Å²) in [5.41, 5.74) is 5.69. The average Bonchev–Trinajstić information content (AvgIpc) is 2.29. The maximum absolute atomic E-state index is 12.6. The molecule has 0 radical (unpaired) electrons. The van der Waals surface area contributed by atoms with Crippen LogP contribution in [0.1, 0.15) is 26.7 Å². The lowest BCUT2D eigenvalue weighted by atomic mass is 10.1. The Morgan fingerprint density at radius 3 is 2.57 bits per heavy atom. The van der Waals surface area contributed by atoms with Gasteiger partial charge in [0.1, 0.15) is 0 Å². The third-order valence-corrected chi connectivity index (χ3v) is 2.60. The van der Waals surface area contributed by atoms with Crippen molar-refractivity contribution in [1.29, 1.82) is 0 Å². The number of halogens is 2. The molecule has 0 bridgehead atoms. The van der Waals surface area contributed by atoms with Crippen LogP contribution in [-0.2, 0) is 4.79 Å². The van der Waals surface area contributed by atoms with E-state index in [-0.39, 0.29) is 12.1 Å². The Hall–Kier alpha value is -0.710. The molecule has 2 N–H and O–H groups in total. The topological polar surface area (TPSA) is 46.3 Å². The number of hydrogen-bond donors (Lipinski definition) is 1. The molecule has 2 atom stereocenters. The van der Waals surface area contributed by atoms with Crippen molar-refractivity contribution in [3.8, 4) is 0 Å². The van der Waals surface area contributed by atoms with Gasteiger partial charge in [0.2, 0.25) is 5.91 Å². The number of nitrogens with zero attached hydrogens (tertiary/aromatic N) is 1. The number of amides is 1. The molecule has 1 aliphatic rings. The van der Waals surface area contributed by atoms with Crippen LogP contribution < -0.4 is 5.73 Å². The van der Waals surface area contributed by atoms with Crippen LogP contribution in [0.25, 0.3) is 0 Å². The van der Waals surface area contributed by atoms with Crippen LogP contribution in [0.3, 0.4) is 0 Å². The van der Waals surface area contributed by atoms with Gasteiger partial charge in [0.05, 0.1) is 6.42 Å². The molecule has 1 rings (SSSR count). The van der Waals surface area contributed by atoms with Crippen molar-refractivity contribution in [1.82, 2.24) is 4.90 Å². The molecule has 0 aromatic carbocycles. The monoisotopic (exact) mass is 206 g/mol. The minimum atomic E-state index is -2.93. The molecule has 1 amide bonds. The molecular weight excluding hydrogens is 190 g/mol. The minimum Gasteiger partial charge on any atom is -0.338 e. The minimum absolute atomic E-state index is 0.0792. The maximum atomic E-state index is 12.6. The van der Waals surface area contributed by atoms with Gasteiger partial charge in [-0.2, -0.15) is 0 Å². The first-order valence-corrected chi connectivity index (χ1v) is 4.74.